The molecule has 1 nitrogen and oxygen atoms in total. The molecule has 1 aromatic heterocycles. The van der Waals surface area contributed by atoms with Gasteiger partial charge in [0.25, 0.3) is 0 Å². The molecule has 100 valence electrons. The third-order valence-electron chi connectivity index (χ3n) is 4.95. The Kier molecular flexibility index (Phi) is 3.93. The number of anilines is 1. The number of nitrogen functional groups attached to an aromatic ring is 1. The van der Waals surface area contributed by atoms with Gasteiger partial charge in [-0.3, -0.25) is 0 Å². The highest BCUT2D eigenvalue weighted by Gasteiger charge is 2.26. The molecular weight excluding hydrogens is 238 g/mol. The second-order valence-corrected chi connectivity index (χ2v) is 7.05. The molecule has 0 aliphatic heterocycles. The van der Waals surface area contributed by atoms with Crippen molar-refractivity contribution < 1.29 is 0 Å². The van der Waals surface area contributed by atoms with E-state index < -0.39 is 0 Å². The van der Waals surface area contributed by atoms with Crippen LogP contribution in [-0.4, -0.2) is 0 Å². The Morgan fingerprint density at radius 2 is 1.39 bits per heavy atom. The van der Waals surface area contributed by atoms with E-state index >= 15 is 0 Å². The predicted octanol–water partition coefficient (Wildman–Crippen LogP) is 5.43. The molecule has 0 saturated heterocycles. The summed E-state index contributed by atoms with van der Waals surface area (Å²) in [5, 5.41) is 3.51. The fourth-order valence-corrected chi connectivity index (χ4v) is 4.94. The molecule has 0 spiro atoms. The van der Waals surface area contributed by atoms with Crippen molar-refractivity contribution in [2.24, 2.45) is 0 Å². The van der Waals surface area contributed by atoms with E-state index in [0.29, 0.717) is 0 Å². The van der Waals surface area contributed by atoms with Gasteiger partial charge in [0.2, 0.25) is 0 Å². The lowest BCUT2D eigenvalue weighted by molar-refractivity contribution is 0.421. The minimum Gasteiger partial charge on any atom is -0.390 e. The summed E-state index contributed by atoms with van der Waals surface area (Å²) >= 11 is 1.80. The fraction of sp³-hybridized carbons (Fsp3) is 0.750. The third kappa shape index (κ3) is 2.45. The lowest BCUT2D eigenvalue weighted by atomic mass is 9.77. The van der Waals surface area contributed by atoms with Crippen LogP contribution < -0.4 is 5.73 Å². The molecule has 2 saturated carbocycles. The summed E-state index contributed by atoms with van der Waals surface area (Å²) < 4.78 is 0. The number of thiophene rings is 1. The van der Waals surface area contributed by atoms with E-state index in [4.69, 9.17) is 5.73 Å². The Morgan fingerprint density at radius 3 is 2.00 bits per heavy atom. The van der Waals surface area contributed by atoms with Crippen LogP contribution in [0.1, 0.15) is 87.2 Å². The molecule has 1 heterocycles. The van der Waals surface area contributed by atoms with Crippen molar-refractivity contribution in [3.63, 3.8) is 0 Å². The SMILES string of the molecule is Nc1scc(C2CCCCC2)c1C1CCCCC1. The summed E-state index contributed by atoms with van der Waals surface area (Å²) in [5.74, 6) is 1.60. The number of hydrogen-bond donors (Lipinski definition) is 1. The summed E-state index contributed by atoms with van der Waals surface area (Å²) in [6, 6.07) is 0. The van der Waals surface area contributed by atoms with Crippen molar-refractivity contribution in [3.05, 3.63) is 16.5 Å². The first-order valence-corrected chi connectivity index (χ1v) is 8.61. The number of rotatable bonds is 2. The molecule has 18 heavy (non-hydrogen) atoms. The van der Waals surface area contributed by atoms with Gasteiger partial charge in [0.05, 0.1) is 5.00 Å². The Bertz CT molecular complexity index is 384. The summed E-state index contributed by atoms with van der Waals surface area (Å²) in [5.41, 5.74) is 9.52. The zero-order valence-corrected chi connectivity index (χ0v) is 12.1. The van der Waals surface area contributed by atoms with E-state index in [0.717, 1.165) is 16.8 Å². The molecule has 3 rings (SSSR count). The monoisotopic (exact) mass is 263 g/mol. The average Bonchev–Trinajstić information content (AvgIpc) is 2.83. The zero-order valence-electron chi connectivity index (χ0n) is 11.3. The van der Waals surface area contributed by atoms with Crippen molar-refractivity contribution in [1.29, 1.82) is 0 Å². The van der Waals surface area contributed by atoms with Crippen LogP contribution in [0, 0.1) is 0 Å². The van der Waals surface area contributed by atoms with Gasteiger partial charge in [0.15, 0.2) is 0 Å². The quantitative estimate of drug-likeness (QED) is 0.757. The fourth-order valence-electron chi connectivity index (χ4n) is 3.95. The van der Waals surface area contributed by atoms with E-state index in [-0.39, 0.29) is 0 Å². The molecule has 2 fully saturated rings. The summed E-state index contributed by atoms with van der Waals surface area (Å²) in [7, 11) is 0. The Labute approximate surface area is 115 Å². The van der Waals surface area contributed by atoms with E-state index in [9.17, 15) is 0 Å². The predicted molar refractivity (Wildman–Crippen MR) is 80.4 cm³/mol. The van der Waals surface area contributed by atoms with Crippen LogP contribution in [0.5, 0.6) is 0 Å². The van der Waals surface area contributed by atoms with Crippen LogP contribution in [-0.2, 0) is 0 Å². The van der Waals surface area contributed by atoms with Gasteiger partial charge in [0, 0.05) is 0 Å². The molecule has 0 atom stereocenters. The van der Waals surface area contributed by atoms with Crippen molar-refractivity contribution in [2.75, 3.05) is 5.73 Å². The molecule has 0 amide bonds. The van der Waals surface area contributed by atoms with Crippen LogP contribution in [0.3, 0.4) is 0 Å². The molecule has 1 aromatic rings. The molecule has 2 aliphatic rings. The van der Waals surface area contributed by atoms with Gasteiger partial charge in [-0.1, -0.05) is 38.5 Å². The molecule has 2 aliphatic carbocycles. The standard InChI is InChI=1S/C16H25NS/c17-16-15(13-9-5-2-6-10-13)14(11-18-16)12-7-3-1-4-8-12/h11-13H,1-10,17H2. The lowest BCUT2D eigenvalue weighted by Gasteiger charge is -2.27. The second kappa shape index (κ2) is 5.64. The minimum atomic E-state index is 0.780. The number of hydrogen-bond acceptors (Lipinski definition) is 2. The van der Waals surface area contributed by atoms with Gasteiger partial charge in [0.1, 0.15) is 0 Å². The molecule has 0 unspecified atom stereocenters. The number of nitrogens with two attached hydrogens (primary N) is 1. The van der Waals surface area contributed by atoms with Crippen LogP contribution >= 0.6 is 11.3 Å². The first-order valence-electron chi connectivity index (χ1n) is 7.73. The zero-order chi connectivity index (χ0) is 12.4. The van der Waals surface area contributed by atoms with Gasteiger partial charge in [-0.25, -0.2) is 0 Å². The topological polar surface area (TPSA) is 26.0 Å². The summed E-state index contributed by atoms with van der Waals surface area (Å²) in [4.78, 5) is 0. The Hall–Kier alpha value is -0.500. The first kappa shape index (κ1) is 12.5. The van der Waals surface area contributed by atoms with Gasteiger partial charge in [-0.15, -0.1) is 11.3 Å². The first-order chi connectivity index (χ1) is 8.86. The molecule has 2 heteroatoms. The maximum atomic E-state index is 6.30. The smallest absolute Gasteiger partial charge is 0.0894 e. The summed E-state index contributed by atoms with van der Waals surface area (Å²) in [6.45, 7) is 0. The highest BCUT2D eigenvalue weighted by molar-refractivity contribution is 7.14. The largest absolute Gasteiger partial charge is 0.390 e. The average molecular weight is 263 g/mol. The van der Waals surface area contributed by atoms with E-state index in [1.807, 2.05) is 0 Å². The van der Waals surface area contributed by atoms with Gasteiger partial charge in [-0.2, -0.15) is 0 Å². The van der Waals surface area contributed by atoms with Crippen LogP contribution in [0.2, 0.25) is 0 Å². The van der Waals surface area contributed by atoms with Crippen molar-refractivity contribution in [2.45, 2.75) is 76.0 Å². The molecule has 0 radical (unpaired) electrons. The van der Waals surface area contributed by atoms with Gasteiger partial charge in [-0.05, 0) is 54.0 Å². The second-order valence-electron chi connectivity index (χ2n) is 6.14. The molecule has 2 N–H and O–H groups in total. The highest BCUT2D eigenvalue weighted by Crippen LogP contribution is 2.45. The lowest BCUT2D eigenvalue weighted by Crippen LogP contribution is -2.11. The van der Waals surface area contributed by atoms with Gasteiger partial charge >= 0.3 is 0 Å². The Balaban J connectivity index is 1.85. The maximum absolute atomic E-state index is 6.30. The minimum absolute atomic E-state index is 0.780. The molecular formula is C16H25NS. The third-order valence-corrected chi connectivity index (χ3v) is 5.79. The van der Waals surface area contributed by atoms with Crippen LogP contribution in [0.4, 0.5) is 5.00 Å². The van der Waals surface area contributed by atoms with Crippen molar-refractivity contribution in [1.82, 2.24) is 0 Å². The van der Waals surface area contributed by atoms with E-state index in [2.05, 4.69) is 5.38 Å². The van der Waals surface area contributed by atoms with Crippen LogP contribution in [0.25, 0.3) is 0 Å². The Morgan fingerprint density at radius 1 is 0.833 bits per heavy atom. The normalized spacial score (nSPS) is 23.3. The molecule has 0 aromatic carbocycles. The molecule has 0 bridgehead atoms. The highest BCUT2D eigenvalue weighted by atomic mass is 32.1. The van der Waals surface area contributed by atoms with Gasteiger partial charge < -0.3 is 5.73 Å². The van der Waals surface area contributed by atoms with E-state index in [1.54, 1.807) is 22.5 Å². The summed E-state index contributed by atoms with van der Waals surface area (Å²) in [6.07, 6.45) is 14.1. The van der Waals surface area contributed by atoms with Crippen LogP contribution in [0.15, 0.2) is 5.38 Å². The maximum Gasteiger partial charge on any atom is 0.0894 e. The van der Waals surface area contributed by atoms with Crippen molar-refractivity contribution >= 4 is 16.3 Å². The van der Waals surface area contributed by atoms with Crippen molar-refractivity contribution in [3.8, 4) is 0 Å². The van der Waals surface area contributed by atoms with E-state index in [1.165, 1.54) is 64.2 Å².